The number of carbonyl (C=O) groups is 1. The van der Waals surface area contributed by atoms with Gasteiger partial charge in [-0.3, -0.25) is 4.79 Å². The Labute approximate surface area is 146 Å². The number of thioether (sulfide) groups is 1. The second-order valence-electron chi connectivity index (χ2n) is 5.91. The van der Waals surface area contributed by atoms with Gasteiger partial charge in [0.25, 0.3) is 0 Å². The monoisotopic (exact) mass is 336 g/mol. The Morgan fingerprint density at radius 3 is 2.54 bits per heavy atom. The highest BCUT2D eigenvalue weighted by molar-refractivity contribution is 7.99. The van der Waals surface area contributed by atoms with Crippen LogP contribution in [0, 0.1) is 20.8 Å². The predicted molar refractivity (Wildman–Crippen MR) is 99.7 cm³/mol. The average Bonchev–Trinajstić information content (AvgIpc) is 2.94. The van der Waals surface area contributed by atoms with Crippen LogP contribution >= 0.6 is 11.8 Å². The van der Waals surface area contributed by atoms with E-state index in [1.807, 2.05) is 69.3 Å². The van der Waals surface area contributed by atoms with Crippen molar-refractivity contribution in [1.82, 2.24) is 9.97 Å². The van der Waals surface area contributed by atoms with E-state index in [-0.39, 0.29) is 5.78 Å². The van der Waals surface area contributed by atoms with Gasteiger partial charge in [-0.05, 0) is 26.3 Å². The van der Waals surface area contributed by atoms with Crippen LogP contribution in [-0.4, -0.2) is 21.5 Å². The Kier molecular flexibility index (Phi) is 4.86. The summed E-state index contributed by atoms with van der Waals surface area (Å²) in [5.41, 5.74) is 6.03. The molecule has 0 bridgehead atoms. The molecule has 0 saturated heterocycles. The van der Waals surface area contributed by atoms with Crippen LogP contribution in [0.25, 0.3) is 11.3 Å². The number of H-pyrrole nitrogens is 1. The number of benzene rings is 2. The van der Waals surface area contributed by atoms with Crippen molar-refractivity contribution < 1.29 is 4.79 Å². The van der Waals surface area contributed by atoms with Crippen LogP contribution in [-0.2, 0) is 0 Å². The molecule has 2 aromatic carbocycles. The lowest BCUT2D eigenvalue weighted by Gasteiger charge is -2.05. The third-order valence-electron chi connectivity index (χ3n) is 3.93. The zero-order valence-corrected chi connectivity index (χ0v) is 14.9. The molecule has 3 rings (SSSR count). The molecule has 3 nitrogen and oxygen atoms in total. The average molecular weight is 336 g/mol. The molecular weight excluding hydrogens is 316 g/mol. The smallest absolute Gasteiger partial charge is 0.173 e. The Morgan fingerprint density at radius 2 is 1.83 bits per heavy atom. The molecule has 1 aromatic heterocycles. The van der Waals surface area contributed by atoms with Crippen molar-refractivity contribution in [3.8, 4) is 11.3 Å². The summed E-state index contributed by atoms with van der Waals surface area (Å²) in [6.45, 7) is 6.02. The Bertz CT molecular complexity index is 869. The lowest BCUT2D eigenvalue weighted by atomic mass is 10.0. The van der Waals surface area contributed by atoms with Crippen LogP contribution in [0.2, 0.25) is 0 Å². The summed E-state index contributed by atoms with van der Waals surface area (Å²) in [5, 5.41) is 0.782. The summed E-state index contributed by atoms with van der Waals surface area (Å²) >= 11 is 1.45. The van der Waals surface area contributed by atoms with Crippen molar-refractivity contribution >= 4 is 17.5 Å². The minimum Gasteiger partial charge on any atom is -0.337 e. The SMILES string of the molecule is Cc1ccc(C(=O)CSc2nc(-c3ccccc3)c(C)[nH]2)c(C)c1. The summed E-state index contributed by atoms with van der Waals surface area (Å²) in [7, 11) is 0. The van der Waals surface area contributed by atoms with Crippen LogP contribution < -0.4 is 0 Å². The van der Waals surface area contributed by atoms with E-state index in [2.05, 4.69) is 9.97 Å². The molecule has 0 amide bonds. The van der Waals surface area contributed by atoms with Crippen molar-refractivity contribution in [3.05, 3.63) is 70.9 Å². The van der Waals surface area contributed by atoms with Crippen molar-refractivity contribution in [3.63, 3.8) is 0 Å². The van der Waals surface area contributed by atoms with Crippen molar-refractivity contribution in [2.75, 3.05) is 5.75 Å². The largest absolute Gasteiger partial charge is 0.337 e. The van der Waals surface area contributed by atoms with Crippen molar-refractivity contribution in [2.45, 2.75) is 25.9 Å². The molecule has 4 heteroatoms. The van der Waals surface area contributed by atoms with Crippen molar-refractivity contribution in [1.29, 1.82) is 0 Å². The summed E-state index contributed by atoms with van der Waals surface area (Å²) in [6, 6.07) is 16.0. The molecule has 0 aliphatic heterocycles. The van der Waals surface area contributed by atoms with Gasteiger partial charge in [-0.15, -0.1) is 0 Å². The molecule has 0 unspecified atom stereocenters. The number of nitrogens with one attached hydrogen (secondary N) is 1. The molecule has 0 aliphatic rings. The first kappa shape index (κ1) is 16.5. The minimum absolute atomic E-state index is 0.132. The quantitative estimate of drug-likeness (QED) is 0.528. The van der Waals surface area contributed by atoms with Gasteiger partial charge in [0.05, 0.1) is 11.4 Å². The van der Waals surface area contributed by atoms with E-state index in [1.54, 1.807) is 0 Å². The van der Waals surface area contributed by atoms with E-state index in [0.29, 0.717) is 5.75 Å². The number of aromatic nitrogens is 2. The number of hydrogen-bond acceptors (Lipinski definition) is 3. The van der Waals surface area contributed by atoms with Crippen LogP contribution in [0.4, 0.5) is 0 Å². The molecule has 0 saturated carbocycles. The van der Waals surface area contributed by atoms with Gasteiger partial charge >= 0.3 is 0 Å². The van der Waals surface area contributed by atoms with Gasteiger partial charge in [0.1, 0.15) is 0 Å². The highest BCUT2D eigenvalue weighted by Gasteiger charge is 2.13. The van der Waals surface area contributed by atoms with Crippen molar-refractivity contribution in [2.24, 2.45) is 0 Å². The Hall–Kier alpha value is -2.33. The van der Waals surface area contributed by atoms with Gasteiger partial charge < -0.3 is 4.98 Å². The molecule has 0 radical (unpaired) electrons. The standard InChI is InChI=1S/C20H20N2OS/c1-13-9-10-17(14(2)11-13)18(23)12-24-20-21-15(3)19(22-20)16-7-5-4-6-8-16/h4-11H,12H2,1-3H3,(H,21,22). The van der Waals surface area contributed by atoms with Crippen LogP contribution in [0.3, 0.4) is 0 Å². The zero-order chi connectivity index (χ0) is 17.1. The summed E-state index contributed by atoms with van der Waals surface area (Å²) in [5.74, 6) is 0.512. The number of ketones is 1. The fraction of sp³-hybridized carbons (Fsp3) is 0.200. The second-order valence-corrected chi connectivity index (χ2v) is 6.88. The molecule has 3 aromatic rings. The van der Waals surface area contributed by atoms with Gasteiger partial charge in [0, 0.05) is 16.8 Å². The number of hydrogen-bond donors (Lipinski definition) is 1. The molecular formula is C20H20N2OS. The Balaban J connectivity index is 1.72. The third kappa shape index (κ3) is 3.60. The number of nitrogens with zero attached hydrogens (tertiary/aromatic N) is 1. The zero-order valence-electron chi connectivity index (χ0n) is 14.1. The third-order valence-corrected chi connectivity index (χ3v) is 4.81. The normalized spacial score (nSPS) is 10.8. The highest BCUT2D eigenvalue weighted by Crippen LogP contribution is 2.25. The number of aromatic amines is 1. The number of Topliss-reactive ketones (excluding diaryl/α,β-unsaturated/α-hetero) is 1. The van der Waals surface area contributed by atoms with E-state index in [1.165, 1.54) is 17.3 Å². The molecule has 0 atom stereocenters. The second kappa shape index (κ2) is 7.05. The number of carbonyl (C=O) groups excluding carboxylic acids is 1. The van der Waals surface area contributed by atoms with Gasteiger partial charge in [-0.1, -0.05) is 65.9 Å². The van der Waals surface area contributed by atoms with E-state index >= 15 is 0 Å². The van der Waals surface area contributed by atoms with E-state index in [9.17, 15) is 4.79 Å². The first-order chi connectivity index (χ1) is 11.5. The van der Waals surface area contributed by atoms with Gasteiger partial charge in [-0.2, -0.15) is 0 Å². The van der Waals surface area contributed by atoms with Crippen LogP contribution in [0.5, 0.6) is 0 Å². The summed E-state index contributed by atoms with van der Waals surface area (Å²) in [4.78, 5) is 20.4. The molecule has 0 fully saturated rings. The summed E-state index contributed by atoms with van der Waals surface area (Å²) in [6.07, 6.45) is 0. The number of rotatable bonds is 5. The van der Waals surface area contributed by atoms with Crippen LogP contribution in [0.1, 0.15) is 27.2 Å². The molecule has 122 valence electrons. The first-order valence-corrected chi connectivity index (χ1v) is 8.88. The molecule has 1 N–H and O–H groups in total. The lowest BCUT2D eigenvalue weighted by molar-refractivity contribution is 0.102. The predicted octanol–water partition coefficient (Wildman–Crippen LogP) is 4.98. The molecule has 24 heavy (non-hydrogen) atoms. The maximum atomic E-state index is 12.4. The molecule has 1 heterocycles. The van der Waals surface area contributed by atoms with E-state index < -0.39 is 0 Å². The number of aryl methyl sites for hydroxylation is 3. The lowest BCUT2D eigenvalue weighted by Crippen LogP contribution is -2.05. The van der Waals surface area contributed by atoms with Crippen LogP contribution in [0.15, 0.2) is 53.7 Å². The highest BCUT2D eigenvalue weighted by atomic mass is 32.2. The van der Waals surface area contributed by atoms with E-state index in [4.69, 9.17) is 0 Å². The molecule has 0 aliphatic carbocycles. The Morgan fingerprint density at radius 1 is 1.08 bits per heavy atom. The minimum atomic E-state index is 0.132. The first-order valence-electron chi connectivity index (χ1n) is 7.90. The fourth-order valence-electron chi connectivity index (χ4n) is 2.72. The fourth-order valence-corrected chi connectivity index (χ4v) is 3.52. The summed E-state index contributed by atoms with van der Waals surface area (Å²) < 4.78 is 0. The molecule has 0 spiro atoms. The van der Waals surface area contributed by atoms with E-state index in [0.717, 1.165) is 33.2 Å². The van der Waals surface area contributed by atoms with Gasteiger partial charge in [0.2, 0.25) is 0 Å². The maximum Gasteiger partial charge on any atom is 0.173 e. The topological polar surface area (TPSA) is 45.8 Å². The van der Waals surface area contributed by atoms with Gasteiger partial charge in [0.15, 0.2) is 10.9 Å². The maximum absolute atomic E-state index is 12.4. The van der Waals surface area contributed by atoms with Gasteiger partial charge in [-0.25, -0.2) is 4.98 Å². The number of imidazole rings is 1.